The fourth-order valence-electron chi connectivity index (χ4n) is 3.08. The summed E-state index contributed by atoms with van der Waals surface area (Å²) in [6.07, 6.45) is 4.29. The van der Waals surface area contributed by atoms with Gasteiger partial charge in [-0.2, -0.15) is 4.98 Å². The molecule has 2 aromatic rings. The number of hydrogen-bond acceptors (Lipinski definition) is 6. The summed E-state index contributed by atoms with van der Waals surface area (Å²) in [6, 6.07) is 11.5. The van der Waals surface area contributed by atoms with Gasteiger partial charge in [0, 0.05) is 31.3 Å². The summed E-state index contributed by atoms with van der Waals surface area (Å²) < 4.78 is 5.80. The van der Waals surface area contributed by atoms with E-state index in [2.05, 4.69) is 14.9 Å². The van der Waals surface area contributed by atoms with Crippen LogP contribution in [-0.2, 0) is 0 Å². The zero-order chi connectivity index (χ0) is 16.8. The first-order chi connectivity index (χ1) is 11.7. The molecule has 2 heterocycles. The van der Waals surface area contributed by atoms with Crippen molar-refractivity contribution in [3.8, 4) is 5.75 Å². The molecule has 0 unspecified atom stereocenters. The molecule has 0 radical (unpaired) electrons. The van der Waals surface area contributed by atoms with Crippen LogP contribution in [0.1, 0.15) is 19.3 Å². The Bertz CT molecular complexity index is 642. The number of ether oxygens (including phenoxy) is 1. The normalized spacial score (nSPS) is 16.8. The zero-order valence-corrected chi connectivity index (χ0v) is 13.8. The van der Waals surface area contributed by atoms with Crippen molar-refractivity contribution in [3.63, 3.8) is 0 Å². The number of para-hydroxylation sites is 1. The maximum Gasteiger partial charge on any atom is 0.227 e. The maximum absolute atomic E-state index is 9.91. The highest BCUT2D eigenvalue weighted by Crippen LogP contribution is 2.35. The largest absolute Gasteiger partial charge is 0.494 e. The van der Waals surface area contributed by atoms with E-state index < -0.39 is 0 Å². The van der Waals surface area contributed by atoms with Crippen LogP contribution < -0.4 is 15.4 Å². The number of aliphatic hydroxyl groups excluding tert-OH is 1. The number of hydrogen-bond donors (Lipinski definition) is 2. The lowest BCUT2D eigenvalue weighted by Gasteiger charge is -2.40. The number of benzene rings is 1. The summed E-state index contributed by atoms with van der Waals surface area (Å²) in [5.41, 5.74) is 5.64. The molecular weight excluding hydrogens is 304 g/mol. The average Bonchev–Trinajstić information content (AvgIpc) is 2.63. The van der Waals surface area contributed by atoms with Gasteiger partial charge in [-0.05, 0) is 37.5 Å². The number of piperidine rings is 1. The first-order valence-corrected chi connectivity index (χ1v) is 8.33. The Kier molecular flexibility index (Phi) is 5.15. The molecule has 3 N–H and O–H groups in total. The number of aromatic nitrogens is 2. The summed E-state index contributed by atoms with van der Waals surface area (Å²) in [5.74, 6) is 2.02. The third-order valence-corrected chi connectivity index (χ3v) is 4.75. The second kappa shape index (κ2) is 7.49. The topological polar surface area (TPSA) is 84.5 Å². The Balaban J connectivity index is 1.54. The number of nitrogen functional groups attached to an aromatic ring is 1. The van der Waals surface area contributed by atoms with Gasteiger partial charge < -0.3 is 20.5 Å². The number of nitrogens with zero attached hydrogens (tertiary/aromatic N) is 3. The van der Waals surface area contributed by atoms with Crippen LogP contribution in [0, 0.1) is 5.41 Å². The predicted molar refractivity (Wildman–Crippen MR) is 94.0 cm³/mol. The summed E-state index contributed by atoms with van der Waals surface area (Å²) in [6.45, 7) is 2.42. The maximum atomic E-state index is 9.91. The van der Waals surface area contributed by atoms with Crippen LogP contribution in [0.15, 0.2) is 42.6 Å². The summed E-state index contributed by atoms with van der Waals surface area (Å²) in [7, 11) is 0. The van der Waals surface area contributed by atoms with Crippen LogP contribution in [0.2, 0.25) is 0 Å². The van der Waals surface area contributed by atoms with Gasteiger partial charge >= 0.3 is 0 Å². The predicted octanol–water partition coefficient (Wildman–Crippen LogP) is 2.11. The summed E-state index contributed by atoms with van der Waals surface area (Å²) in [5, 5.41) is 9.91. The van der Waals surface area contributed by atoms with E-state index in [0.29, 0.717) is 18.4 Å². The molecule has 1 saturated heterocycles. The van der Waals surface area contributed by atoms with Crippen molar-refractivity contribution >= 4 is 11.8 Å². The summed E-state index contributed by atoms with van der Waals surface area (Å²) in [4.78, 5) is 10.7. The van der Waals surface area contributed by atoms with Crippen LogP contribution in [0.25, 0.3) is 0 Å². The number of nitrogens with two attached hydrogens (primary N) is 1. The molecule has 0 amide bonds. The minimum atomic E-state index is -0.0917. The molecule has 1 aromatic carbocycles. The lowest BCUT2D eigenvalue weighted by Crippen LogP contribution is -2.43. The molecule has 1 fully saturated rings. The molecule has 1 aromatic heterocycles. The van der Waals surface area contributed by atoms with E-state index >= 15 is 0 Å². The first kappa shape index (κ1) is 16.5. The van der Waals surface area contributed by atoms with Gasteiger partial charge in [-0.25, -0.2) is 4.98 Å². The molecule has 0 saturated carbocycles. The fourth-order valence-corrected chi connectivity index (χ4v) is 3.08. The van der Waals surface area contributed by atoms with Crippen LogP contribution >= 0.6 is 0 Å². The van der Waals surface area contributed by atoms with E-state index in [9.17, 15) is 5.11 Å². The average molecular weight is 328 g/mol. The Morgan fingerprint density at radius 1 is 1.17 bits per heavy atom. The van der Waals surface area contributed by atoms with E-state index in [1.54, 1.807) is 12.3 Å². The van der Waals surface area contributed by atoms with Crippen LogP contribution in [0.5, 0.6) is 5.75 Å². The van der Waals surface area contributed by atoms with E-state index in [0.717, 1.165) is 38.1 Å². The molecule has 0 spiro atoms. The second-order valence-electron chi connectivity index (χ2n) is 6.34. The minimum absolute atomic E-state index is 0.0917. The molecule has 1 aliphatic heterocycles. The van der Waals surface area contributed by atoms with Crippen molar-refractivity contribution in [1.29, 1.82) is 0 Å². The molecule has 6 heteroatoms. The summed E-state index contributed by atoms with van der Waals surface area (Å²) >= 11 is 0. The molecule has 24 heavy (non-hydrogen) atoms. The molecule has 1 aliphatic rings. The number of rotatable bonds is 6. The van der Waals surface area contributed by atoms with Gasteiger partial charge in [0.1, 0.15) is 11.6 Å². The SMILES string of the molecule is Nc1ccnc(N2CCC(CO)(CCOc3ccccc3)CC2)n1. The zero-order valence-electron chi connectivity index (χ0n) is 13.8. The number of aliphatic hydroxyl groups is 1. The molecular formula is C18H24N4O2. The van der Waals surface area contributed by atoms with Crippen molar-refractivity contribution in [2.75, 3.05) is 36.9 Å². The molecule has 3 rings (SSSR count). The van der Waals surface area contributed by atoms with Crippen LogP contribution in [-0.4, -0.2) is 41.4 Å². The Morgan fingerprint density at radius 3 is 2.58 bits per heavy atom. The van der Waals surface area contributed by atoms with E-state index in [1.807, 2.05) is 30.3 Å². The Labute approximate surface area is 142 Å². The quantitative estimate of drug-likeness (QED) is 0.845. The van der Waals surface area contributed by atoms with Crippen LogP contribution in [0.4, 0.5) is 11.8 Å². The van der Waals surface area contributed by atoms with Crippen molar-refractivity contribution in [1.82, 2.24) is 9.97 Å². The molecule has 128 valence electrons. The Morgan fingerprint density at radius 2 is 1.92 bits per heavy atom. The monoisotopic (exact) mass is 328 g/mol. The first-order valence-electron chi connectivity index (χ1n) is 8.33. The van der Waals surface area contributed by atoms with Crippen molar-refractivity contribution in [2.24, 2.45) is 5.41 Å². The van der Waals surface area contributed by atoms with Crippen molar-refractivity contribution in [3.05, 3.63) is 42.6 Å². The van der Waals surface area contributed by atoms with E-state index in [4.69, 9.17) is 10.5 Å². The second-order valence-corrected chi connectivity index (χ2v) is 6.34. The molecule has 6 nitrogen and oxygen atoms in total. The number of anilines is 2. The highest BCUT2D eigenvalue weighted by Gasteiger charge is 2.34. The van der Waals surface area contributed by atoms with Gasteiger partial charge in [0.2, 0.25) is 5.95 Å². The highest BCUT2D eigenvalue weighted by molar-refractivity contribution is 5.38. The third kappa shape index (κ3) is 3.94. The molecule has 0 aliphatic carbocycles. The Hall–Kier alpha value is -2.34. The van der Waals surface area contributed by atoms with Gasteiger partial charge in [-0.1, -0.05) is 18.2 Å². The van der Waals surface area contributed by atoms with E-state index in [-0.39, 0.29) is 12.0 Å². The highest BCUT2D eigenvalue weighted by atomic mass is 16.5. The van der Waals surface area contributed by atoms with Gasteiger partial charge in [0.15, 0.2) is 0 Å². The minimum Gasteiger partial charge on any atom is -0.494 e. The van der Waals surface area contributed by atoms with Crippen molar-refractivity contribution < 1.29 is 9.84 Å². The standard InChI is InChI=1S/C18H24N4O2/c19-16-6-10-20-17(21-16)22-11-7-18(14-23,8-12-22)9-13-24-15-4-2-1-3-5-15/h1-6,10,23H,7-9,11-14H2,(H2,19,20,21). The van der Waals surface area contributed by atoms with Gasteiger partial charge in [0.25, 0.3) is 0 Å². The lowest BCUT2D eigenvalue weighted by atomic mass is 9.76. The lowest BCUT2D eigenvalue weighted by molar-refractivity contribution is 0.0706. The third-order valence-electron chi connectivity index (χ3n) is 4.75. The molecule has 0 bridgehead atoms. The molecule has 0 atom stereocenters. The van der Waals surface area contributed by atoms with Gasteiger partial charge in [-0.3, -0.25) is 0 Å². The van der Waals surface area contributed by atoms with Crippen LogP contribution in [0.3, 0.4) is 0 Å². The van der Waals surface area contributed by atoms with E-state index in [1.165, 1.54) is 0 Å². The smallest absolute Gasteiger partial charge is 0.227 e. The van der Waals surface area contributed by atoms with Gasteiger partial charge in [-0.15, -0.1) is 0 Å². The van der Waals surface area contributed by atoms with Gasteiger partial charge in [0.05, 0.1) is 6.61 Å². The van der Waals surface area contributed by atoms with Crippen molar-refractivity contribution in [2.45, 2.75) is 19.3 Å². The fraction of sp³-hybridized carbons (Fsp3) is 0.444.